The van der Waals surface area contributed by atoms with Gasteiger partial charge in [-0.3, -0.25) is 20.2 Å². The first-order valence-electron chi connectivity index (χ1n) is 4.31. The molecule has 16 heavy (non-hydrogen) atoms. The summed E-state index contributed by atoms with van der Waals surface area (Å²) >= 11 is 0. The SMILES string of the molecule is [C-]#[N+]CCc1ccc([N+](=O)[O-])cc1[N+](=O)[O-]. The van der Waals surface area contributed by atoms with E-state index in [2.05, 4.69) is 4.85 Å². The lowest BCUT2D eigenvalue weighted by atomic mass is 10.1. The zero-order valence-corrected chi connectivity index (χ0v) is 8.12. The molecule has 0 heterocycles. The summed E-state index contributed by atoms with van der Waals surface area (Å²) in [6.45, 7) is 6.71. The topological polar surface area (TPSA) is 90.6 Å². The Balaban J connectivity index is 3.15. The van der Waals surface area contributed by atoms with E-state index in [9.17, 15) is 20.2 Å². The Hall–Kier alpha value is -2.49. The third kappa shape index (κ3) is 2.51. The van der Waals surface area contributed by atoms with Gasteiger partial charge in [-0.1, -0.05) is 0 Å². The highest BCUT2D eigenvalue weighted by Gasteiger charge is 2.19. The maximum Gasteiger partial charge on any atom is 0.279 e. The van der Waals surface area contributed by atoms with Crippen LogP contribution in [0.5, 0.6) is 0 Å². The molecular formula is C9H7N3O4. The molecule has 0 unspecified atom stereocenters. The first kappa shape index (κ1) is 11.6. The second kappa shape index (κ2) is 4.84. The lowest BCUT2D eigenvalue weighted by Gasteiger charge is -1.98. The summed E-state index contributed by atoms with van der Waals surface area (Å²) in [4.78, 5) is 22.8. The monoisotopic (exact) mass is 221 g/mol. The third-order valence-corrected chi connectivity index (χ3v) is 1.97. The standard InChI is InChI=1S/C9H7N3O4/c1-10-5-4-7-2-3-8(11(13)14)6-9(7)12(15)16/h2-3,6H,4-5H2. The summed E-state index contributed by atoms with van der Waals surface area (Å²) < 4.78 is 0. The molecular weight excluding hydrogens is 214 g/mol. The molecule has 1 aromatic rings. The molecule has 0 atom stereocenters. The molecule has 0 aliphatic carbocycles. The number of benzene rings is 1. The van der Waals surface area contributed by atoms with Crippen LogP contribution in [0.4, 0.5) is 11.4 Å². The van der Waals surface area contributed by atoms with Crippen molar-refractivity contribution in [3.05, 3.63) is 55.4 Å². The Morgan fingerprint density at radius 1 is 1.25 bits per heavy atom. The van der Waals surface area contributed by atoms with Gasteiger partial charge in [0, 0.05) is 11.6 Å². The van der Waals surface area contributed by atoms with Crippen molar-refractivity contribution in [3.8, 4) is 0 Å². The molecule has 82 valence electrons. The van der Waals surface area contributed by atoms with E-state index in [0.717, 1.165) is 6.07 Å². The van der Waals surface area contributed by atoms with Crippen LogP contribution in [0, 0.1) is 26.8 Å². The molecule has 1 rings (SSSR count). The molecule has 7 heteroatoms. The van der Waals surface area contributed by atoms with Crippen molar-refractivity contribution in [1.82, 2.24) is 0 Å². The van der Waals surface area contributed by atoms with E-state index in [-0.39, 0.29) is 24.3 Å². The molecule has 0 fully saturated rings. The van der Waals surface area contributed by atoms with E-state index in [1.165, 1.54) is 12.1 Å². The predicted molar refractivity (Wildman–Crippen MR) is 54.9 cm³/mol. The van der Waals surface area contributed by atoms with Crippen molar-refractivity contribution in [3.63, 3.8) is 0 Å². The third-order valence-electron chi connectivity index (χ3n) is 1.97. The summed E-state index contributed by atoms with van der Waals surface area (Å²) in [5.41, 5.74) is -0.289. The molecule has 0 radical (unpaired) electrons. The van der Waals surface area contributed by atoms with Crippen LogP contribution in [0.15, 0.2) is 18.2 Å². The van der Waals surface area contributed by atoms with E-state index in [0.29, 0.717) is 5.56 Å². The molecule has 1 aromatic carbocycles. The Morgan fingerprint density at radius 2 is 1.94 bits per heavy atom. The number of nitro benzene ring substituents is 2. The molecule has 0 N–H and O–H groups in total. The van der Waals surface area contributed by atoms with Gasteiger partial charge in [0.05, 0.1) is 22.3 Å². The zero-order chi connectivity index (χ0) is 12.1. The second-order valence-corrected chi connectivity index (χ2v) is 2.96. The van der Waals surface area contributed by atoms with Crippen LogP contribution in [0.2, 0.25) is 0 Å². The minimum absolute atomic E-state index is 0.124. The van der Waals surface area contributed by atoms with Crippen LogP contribution in [0.3, 0.4) is 0 Å². The van der Waals surface area contributed by atoms with Crippen molar-refractivity contribution < 1.29 is 9.85 Å². The maximum atomic E-state index is 10.7. The molecule has 0 bridgehead atoms. The summed E-state index contributed by atoms with van der Waals surface area (Å²) in [6, 6.07) is 3.44. The van der Waals surface area contributed by atoms with Gasteiger partial charge >= 0.3 is 0 Å². The summed E-state index contributed by atoms with van der Waals surface area (Å²) in [5.74, 6) is 0. The summed E-state index contributed by atoms with van der Waals surface area (Å²) in [6.07, 6.45) is 0.220. The van der Waals surface area contributed by atoms with E-state index in [4.69, 9.17) is 6.57 Å². The Kier molecular flexibility index (Phi) is 3.50. The van der Waals surface area contributed by atoms with Gasteiger partial charge < -0.3 is 4.85 Å². The van der Waals surface area contributed by atoms with Crippen molar-refractivity contribution in [2.75, 3.05) is 6.54 Å². The van der Waals surface area contributed by atoms with Crippen molar-refractivity contribution >= 4 is 11.4 Å². The van der Waals surface area contributed by atoms with E-state index in [1.807, 2.05) is 0 Å². The number of nitrogens with zero attached hydrogens (tertiary/aromatic N) is 3. The van der Waals surface area contributed by atoms with Crippen molar-refractivity contribution in [2.24, 2.45) is 0 Å². The summed E-state index contributed by atoms with van der Waals surface area (Å²) in [5, 5.41) is 21.1. The highest BCUT2D eigenvalue weighted by molar-refractivity contribution is 5.49. The molecule has 7 nitrogen and oxygen atoms in total. The van der Waals surface area contributed by atoms with E-state index in [1.54, 1.807) is 0 Å². The second-order valence-electron chi connectivity index (χ2n) is 2.96. The maximum absolute atomic E-state index is 10.7. The lowest BCUT2D eigenvalue weighted by molar-refractivity contribution is -0.394. The zero-order valence-electron chi connectivity index (χ0n) is 8.12. The van der Waals surface area contributed by atoms with Gasteiger partial charge in [-0.25, -0.2) is 6.57 Å². The van der Waals surface area contributed by atoms with Crippen LogP contribution >= 0.6 is 0 Å². The highest BCUT2D eigenvalue weighted by atomic mass is 16.6. The molecule has 0 aliphatic heterocycles. The molecule has 0 saturated heterocycles. The lowest BCUT2D eigenvalue weighted by Crippen LogP contribution is -1.98. The van der Waals surface area contributed by atoms with Crippen molar-refractivity contribution in [2.45, 2.75) is 6.42 Å². The largest absolute Gasteiger partial charge is 0.317 e. The molecule has 0 spiro atoms. The smallest absolute Gasteiger partial charge is 0.279 e. The van der Waals surface area contributed by atoms with Crippen LogP contribution in [-0.2, 0) is 6.42 Å². The molecule has 0 aliphatic rings. The minimum atomic E-state index is -0.689. The quantitative estimate of drug-likeness (QED) is 0.441. The predicted octanol–water partition coefficient (Wildman–Crippen LogP) is 1.96. The number of hydrogen-bond acceptors (Lipinski definition) is 4. The van der Waals surface area contributed by atoms with Gasteiger partial charge in [0.15, 0.2) is 0 Å². The fourth-order valence-electron chi connectivity index (χ4n) is 1.22. The normalized spacial score (nSPS) is 9.44. The first-order valence-corrected chi connectivity index (χ1v) is 4.31. The Morgan fingerprint density at radius 3 is 2.44 bits per heavy atom. The fourth-order valence-corrected chi connectivity index (χ4v) is 1.22. The molecule has 0 amide bonds. The van der Waals surface area contributed by atoms with Crippen LogP contribution in [0.1, 0.15) is 5.56 Å². The van der Waals surface area contributed by atoms with Crippen LogP contribution < -0.4 is 0 Å². The van der Waals surface area contributed by atoms with Gasteiger partial charge in [-0.2, -0.15) is 0 Å². The Bertz CT molecular complexity index is 478. The van der Waals surface area contributed by atoms with E-state index < -0.39 is 9.85 Å². The number of nitro groups is 2. The van der Waals surface area contributed by atoms with Gasteiger partial charge in [-0.15, -0.1) is 0 Å². The van der Waals surface area contributed by atoms with E-state index >= 15 is 0 Å². The first-order chi connectivity index (χ1) is 7.56. The highest BCUT2D eigenvalue weighted by Crippen LogP contribution is 2.24. The van der Waals surface area contributed by atoms with Gasteiger partial charge in [0.25, 0.3) is 11.4 Å². The minimum Gasteiger partial charge on any atom is -0.317 e. The van der Waals surface area contributed by atoms with Crippen molar-refractivity contribution in [1.29, 1.82) is 0 Å². The number of non-ortho nitro benzene ring substituents is 1. The number of hydrogen-bond donors (Lipinski definition) is 0. The van der Waals surface area contributed by atoms with Gasteiger partial charge in [0.2, 0.25) is 6.54 Å². The van der Waals surface area contributed by atoms with Gasteiger partial charge in [-0.05, 0) is 6.07 Å². The van der Waals surface area contributed by atoms with Crippen LogP contribution in [0.25, 0.3) is 4.85 Å². The average Bonchev–Trinajstić information content (AvgIpc) is 2.25. The molecule has 0 saturated carbocycles. The average molecular weight is 221 g/mol. The summed E-state index contributed by atoms with van der Waals surface area (Å²) in [7, 11) is 0. The number of rotatable bonds is 4. The fraction of sp³-hybridized carbons (Fsp3) is 0.222. The van der Waals surface area contributed by atoms with Gasteiger partial charge in [0.1, 0.15) is 0 Å². The Labute approximate surface area is 90.4 Å². The molecule has 0 aromatic heterocycles. The van der Waals surface area contributed by atoms with Crippen LogP contribution in [-0.4, -0.2) is 16.4 Å².